The molecule has 0 aromatic carbocycles. The van der Waals surface area contributed by atoms with Crippen molar-refractivity contribution in [1.29, 1.82) is 0 Å². The average molecular weight is 185 g/mol. The monoisotopic (exact) mass is 185 g/mol. The van der Waals surface area contributed by atoms with Gasteiger partial charge in [0.1, 0.15) is 0 Å². The van der Waals surface area contributed by atoms with Gasteiger partial charge in [0.25, 0.3) is 0 Å². The van der Waals surface area contributed by atoms with Gasteiger partial charge in [0.15, 0.2) is 0 Å². The third-order valence-electron chi connectivity index (χ3n) is 2.62. The Balaban J connectivity index is 2.54. The van der Waals surface area contributed by atoms with Gasteiger partial charge in [-0.05, 0) is 13.8 Å². The van der Waals surface area contributed by atoms with Gasteiger partial charge in [-0.2, -0.15) is 0 Å². The van der Waals surface area contributed by atoms with Crippen LogP contribution in [0.4, 0.5) is 0 Å². The average Bonchev–Trinajstić information content (AvgIpc) is 2.17. The van der Waals surface area contributed by atoms with E-state index in [4.69, 9.17) is 9.84 Å². The van der Waals surface area contributed by atoms with Crippen LogP contribution < -0.4 is 0 Å². The normalized spacial score (nSPS) is 32.8. The van der Waals surface area contributed by atoms with Gasteiger partial charge >= 0.3 is 0 Å². The Morgan fingerprint density at radius 1 is 1.77 bits per heavy atom. The summed E-state index contributed by atoms with van der Waals surface area (Å²) in [5.74, 6) is 0. The fraction of sp³-hybridized carbons (Fsp3) is 0.800. The maximum absolute atomic E-state index is 8.97. The van der Waals surface area contributed by atoms with Gasteiger partial charge in [0.2, 0.25) is 0 Å². The van der Waals surface area contributed by atoms with Crippen molar-refractivity contribution in [2.45, 2.75) is 32.0 Å². The predicted molar refractivity (Wildman–Crippen MR) is 52.7 cm³/mol. The second-order valence-electron chi connectivity index (χ2n) is 3.66. The van der Waals surface area contributed by atoms with E-state index in [9.17, 15) is 0 Å². The summed E-state index contributed by atoms with van der Waals surface area (Å²) in [6.07, 6.45) is 1.90. The first kappa shape index (κ1) is 10.7. The van der Waals surface area contributed by atoms with Crippen LogP contribution in [0.5, 0.6) is 0 Å². The molecule has 0 aromatic rings. The second-order valence-corrected chi connectivity index (χ2v) is 3.66. The number of aliphatic hydroxyl groups excluding tert-OH is 1. The molecule has 0 bridgehead atoms. The summed E-state index contributed by atoms with van der Waals surface area (Å²) < 4.78 is 5.44. The largest absolute Gasteiger partial charge is 0.394 e. The first-order chi connectivity index (χ1) is 6.19. The fourth-order valence-corrected chi connectivity index (χ4v) is 1.65. The molecule has 1 aliphatic rings. The zero-order valence-electron chi connectivity index (χ0n) is 8.44. The van der Waals surface area contributed by atoms with Gasteiger partial charge in [-0.1, -0.05) is 6.08 Å². The first-order valence-corrected chi connectivity index (χ1v) is 4.79. The Morgan fingerprint density at radius 2 is 2.46 bits per heavy atom. The number of hydrogen-bond donors (Lipinski definition) is 1. The molecule has 0 radical (unpaired) electrons. The van der Waals surface area contributed by atoms with E-state index >= 15 is 0 Å². The van der Waals surface area contributed by atoms with Crippen LogP contribution in [0.2, 0.25) is 0 Å². The zero-order valence-corrected chi connectivity index (χ0v) is 8.44. The standard InChI is InChI=1S/C10H19NO2/c1-4-8(2)11-5-10(6-12)13-7-9(11)3/h4,8-10,12H,1,5-7H2,2-3H3. The minimum Gasteiger partial charge on any atom is -0.394 e. The highest BCUT2D eigenvalue weighted by molar-refractivity contribution is 4.89. The van der Waals surface area contributed by atoms with Crippen molar-refractivity contribution in [2.75, 3.05) is 19.8 Å². The van der Waals surface area contributed by atoms with Gasteiger partial charge in [-0.15, -0.1) is 6.58 Å². The van der Waals surface area contributed by atoms with Gasteiger partial charge in [0, 0.05) is 18.6 Å². The molecule has 1 aliphatic heterocycles. The van der Waals surface area contributed by atoms with Crippen molar-refractivity contribution in [2.24, 2.45) is 0 Å². The van der Waals surface area contributed by atoms with Gasteiger partial charge in [-0.3, -0.25) is 4.90 Å². The van der Waals surface area contributed by atoms with Gasteiger partial charge < -0.3 is 9.84 Å². The third-order valence-corrected chi connectivity index (χ3v) is 2.62. The molecule has 0 amide bonds. The molecule has 13 heavy (non-hydrogen) atoms. The van der Waals surface area contributed by atoms with E-state index in [1.54, 1.807) is 0 Å². The van der Waals surface area contributed by atoms with E-state index in [1.807, 2.05) is 6.08 Å². The molecule has 3 nitrogen and oxygen atoms in total. The summed E-state index contributed by atoms with van der Waals surface area (Å²) in [5, 5.41) is 8.97. The molecule has 0 spiro atoms. The molecule has 76 valence electrons. The third kappa shape index (κ3) is 2.53. The van der Waals surface area contributed by atoms with Gasteiger partial charge in [-0.25, -0.2) is 0 Å². The van der Waals surface area contributed by atoms with Crippen LogP contribution in [0.1, 0.15) is 13.8 Å². The zero-order chi connectivity index (χ0) is 9.84. The number of nitrogens with zero attached hydrogens (tertiary/aromatic N) is 1. The molecular weight excluding hydrogens is 166 g/mol. The summed E-state index contributed by atoms with van der Waals surface area (Å²) in [5.41, 5.74) is 0. The summed E-state index contributed by atoms with van der Waals surface area (Å²) in [4.78, 5) is 2.30. The molecule has 1 heterocycles. The minimum atomic E-state index is -0.0291. The molecule has 3 atom stereocenters. The van der Waals surface area contributed by atoms with Crippen molar-refractivity contribution in [3.63, 3.8) is 0 Å². The lowest BCUT2D eigenvalue weighted by molar-refractivity contribution is -0.0838. The number of aliphatic hydroxyl groups is 1. The molecule has 3 heteroatoms. The highest BCUT2D eigenvalue weighted by Crippen LogP contribution is 2.14. The Bertz CT molecular complexity index is 172. The van der Waals surface area contributed by atoms with Gasteiger partial charge in [0.05, 0.1) is 19.3 Å². The maximum atomic E-state index is 8.97. The van der Waals surface area contributed by atoms with Crippen LogP contribution >= 0.6 is 0 Å². The Labute approximate surface area is 80.0 Å². The fourth-order valence-electron chi connectivity index (χ4n) is 1.65. The van der Waals surface area contributed by atoms with Crippen LogP contribution in [-0.4, -0.2) is 48.0 Å². The van der Waals surface area contributed by atoms with Crippen LogP contribution in [0.25, 0.3) is 0 Å². The minimum absolute atomic E-state index is 0.0291. The molecule has 0 aromatic heterocycles. The SMILES string of the molecule is C=CC(C)N1CC(CO)OCC1C. The van der Waals surface area contributed by atoms with Crippen molar-refractivity contribution < 1.29 is 9.84 Å². The molecule has 3 unspecified atom stereocenters. The quantitative estimate of drug-likeness (QED) is 0.655. The molecule has 1 N–H and O–H groups in total. The summed E-state index contributed by atoms with van der Waals surface area (Å²) in [7, 11) is 0. The smallest absolute Gasteiger partial charge is 0.0933 e. The molecule has 1 saturated heterocycles. The van der Waals surface area contributed by atoms with Crippen molar-refractivity contribution >= 4 is 0 Å². The number of ether oxygens (including phenoxy) is 1. The Morgan fingerprint density at radius 3 is 3.00 bits per heavy atom. The topological polar surface area (TPSA) is 32.7 Å². The predicted octanol–water partition coefficient (Wildman–Crippen LogP) is 0.643. The van der Waals surface area contributed by atoms with E-state index in [2.05, 4.69) is 25.3 Å². The lowest BCUT2D eigenvalue weighted by Gasteiger charge is -2.40. The van der Waals surface area contributed by atoms with Crippen LogP contribution in [0, 0.1) is 0 Å². The Hall–Kier alpha value is -0.380. The van der Waals surface area contributed by atoms with E-state index in [0.29, 0.717) is 18.7 Å². The molecule has 1 fully saturated rings. The highest BCUT2D eigenvalue weighted by atomic mass is 16.5. The summed E-state index contributed by atoms with van der Waals surface area (Å²) >= 11 is 0. The lowest BCUT2D eigenvalue weighted by atomic mass is 10.1. The second kappa shape index (κ2) is 4.74. The van der Waals surface area contributed by atoms with E-state index < -0.39 is 0 Å². The first-order valence-electron chi connectivity index (χ1n) is 4.79. The molecule has 0 saturated carbocycles. The summed E-state index contributed by atoms with van der Waals surface area (Å²) in [6.45, 7) is 9.62. The summed E-state index contributed by atoms with van der Waals surface area (Å²) in [6, 6.07) is 0.767. The van der Waals surface area contributed by atoms with Crippen molar-refractivity contribution in [1.82, 2.24) is 4.90 Å². The number of morpholine rings is 1. The van der Waals surface area contributed by atoms with Crippen LogP contribution in [0.3, 0.4) is 0 Å². The maximum Gasteiger partial charge on any atom is 0.0933 e. The van der Waals surface area contributed by atoms with Crippen molar-refractivity contribution in [3.05, 3.63) is 12.7 Å². The van der Waals surface area contributed by atoms with Crippen LogP contribution in [0.15, 0.2) is 12.7 Å². The van der Waals surface area contributed by atoms with E-state index in [1.165, 1.54) is 0 Å². The number of rotatable bonds is 3. The van der Waals surface area contributed by atoms with E-state index in [-0.39, 0.29) is 12.7 Å². The lowest BCUT2D eigenvalue weighted by Crippen LogP contribution is -2.52. The van der Waals surface area contributed by atoms with Crippen LogP contribution in [-0.2, 0) is 4.74 Å². The van der Waals surface area contributed by atoms with E-state index in [0.717, 1.165) is 6.54 Å². The Kier molecular flexibility index (Phi) is 3.90. The molecule has 0 aliphatic carbocycles. The number of hydrogen-bond acceptors (Lipinski definition) is 3. The molecule has 1 rings (SSSR count). The molecular formula is C10H19NO2. The highest BCUT2D eigenvalue weighted by Gasteiger charge is 2.27. The van der Waals surface area contributed by atoms with Crippen molar-refractivity contribution in [3.8, 4) is 0 Å².